The number of carbonyl (C=O) groups is 2. The van der Waals surface area contributed by atoms with Crippen LogP contribution in [0.1, 0.15) is 22.3 Å². The van der Waals surface area contributed by atoms with E-state index in [0.717, 1.165) is 23.4 Å². The van der Waals surface area contributed by atoms with E-state index in [9.17, 15) is 9.59 Å². The van der Waals surface area contributed by atoms with Crippen molar-refractivity contribution in [2.45, 2.75) is 12.8 Å². The smallest absolute Gasteiger partial charge is 0.254 e. The fourth-order valence-electron chi connectivity index (χ4n) is 2.42. The van der Waals surface area contributed by atoms with Crippen LogP contribution in [-0.2, 0) is 18.3 Å². The number of anilines is 1. The second-order valence-electron chi connectivity index (χ2n) is 5.37. The number of benzene rings is 1. The molecular formula is C16H18N4O3. The van der Waals surface area contributed by atoms with E-state index in [4.69, 9.17) is 4.74 Å². The number of hydrogen-bond donors (Lipinski definition) is 2. The first-order valence-electron chi connectivity index (χ1n) is 7.44. The molecule has 2 heterocycles. The number of amides is 2. The lowest BCUT2D eigenvalue weighted by molar-refractivity contribution is -0.116. The highest BCUT2D eigenvalue weighted by molar-refractivity contribution is 5.94. The normalized spacial score (nSPS) is 13.2. The summed E-state index contributed by atoms with van der Waals surface area (Å²) in [7, 11) is 1.76. The molecule has 7 heteroatoms. The molecule has 1 aromatic heterocycles. The molecule has 120 valence electrons. The van der Waals surface area contributed by atoms with Gasteiger partial charge in [-0.25, -0.2) is 0 Å². The summed E-state index contributed by atoms with van der Waals surface area (Å²) in [5, 5.41) is 9.56. The molecule has 0 saturated heterocycles. The summed E-state index contributed by atoms with van der Waals surface area (Å²) in [4.78, 5) is 23.1. The predicted molar refractivity (Wildman–Crippen MR) is 84.4 cm³/mol. The number of nitrogens with zero attached hydrogens (tertiary/aromatic N) is 2. The highest BCUT2D eigenvalue weighted by Crippen LogP contribution is 2.26. The van der Waals surface area contributed by atoms with Gasteiger partial charge >= 0.3 is 0 Å². The van der Waals surface area contributed by atoms with Crippen molar-refractivity contribution in [1.82, 2.24) is 15.1 Å². The van der Waals surface area contributed by atoms with Gasteiger partial charge in [0.15, 0.2) is 0 Å². The van der Waals surface area contributed by atoms with Gasteiger partial charge in [-0.3, -0.25) is 14.3 Å². The van der Waals surface area contributed by atoms with Crippen LogP contribution in [0.4, 0.5) is 5.69 Å². The van der Waals surface area contributed by atoms with Crippen LogP contribution >= 0.6 is 0 Å². The zero-order valence-corrected chi connectivity index (χ0v) is 12.8. The number of nitrogens with one attached hydrogen (secondary N) is 2. The van der Waals surface area contributed by atoms with Gasteiger partial charge in [0, 0.05) is 25.4 Å². The van der Waals surface area contributed by atoms with Gasteiger partial charge in [-0.2, -0.15) is 5.10 Å². The molecule has 0 aliphatic carbocycles. The topological polar surface area (TPSA) is 85.2 Å². The summed E-state index contributed by atoms with van der Waals surface area (Å²) in [6.45, 7) is 0.776. The van der Waals surface area contributed by atoms with Crippen molar-refractivity contribution < 1.29 is 14.3 Å². The minimum Gasteiger partial charge on any atom is -0.492 e. The second kappa shape index (κ2) is 6.51. The number of rotatable bonds is 5. The largest absolute Gasteiger partial charge is 0.492 e. The van der Waals surface area contributed by atoms with Gasteiger partial charge in [-0.05, 0) is 30.2 Å². The summed E-state index contributed by atoms with van der Waals surface area (Å²) in [5.74, 6) is 0.606. The Labute approximate surface area is 133 Å². The van der Waals surface area contributed by atoms with Crippen LogP contribution in [0, 0.1) is 0 Å². The number of aryl methyl sites for hydroxylation is 2. The Bertz CT molecular complexity index is 739. The van der Waals surface area contributed by atoms with E-state index in [-0.39, 0.29) is 11.8 Å². The minimum atomic E-state index is -0.171. The summed E-state index contributed by atoms with van der Waals surface area (Å²) in [5.41, 5.74) is 2.44. The van der Waals surface area contributed by atoms with E-state index in [1.165, 1.54) is 6.20 Å². The van der Waals surface area contributed by atoms with Crippen LogP contribution < -0.4 is 15.4 Å². The number of ether oxygens (including phenoxy) is 1. The van der Waals surface area contributed by atoms with Gasteiger partial charge in [0.25, 0.3) is 5.91 Å². The number of hydrogen-bond acceptors (Lipinski definition) is 4. The van der Waals surface area contributed by atoms with Crippen LogP contribution in [0.25, 0.3) is 0 Å². The molecule has 1 aliphatic heterocycles. The van der Waals surface area contributed by atoms with E-state index in [2.05, 4.69) is 15.7 Å². The average Bonchev–Trinajstić information content (AvgIpc) is 2.98. The van der Waals surface area contributed by atoms with Gasteiger partial charge in [0.2, 0.25) is 5.91 Å². The number of aromatic nitrogens is 2. The second-order valence-corrected chi connectivity index (χ2v) is 5.37. The van der Waals surface area contributed by atoms with E-state index < -0.39 is 0 Å². The van der Waals surface area contributed by atoms with E-state index in [1.54, 1.807) is 17.9 Å². The first-order chi connectivity index (χ1) is 11.1. The highest BCUT2D eigenvalue weighted by Gasteiger charge is 2.15. The van der Waals surface area contributed by atoms with Crippen LogP contribution in [0.2, 0.25) is 0 Å². The Morgan fingerprint density at radius 3 is 3.09 bits per heavy atom. The van der Waals surface area contributed by atoms with Gasteiger partial charge in [0.1, 0.15) is 12.4 Å². The molecule has 0 radical (unpaired) electrons. The van der Waals surface area contributed by atoms with Crippen molar-refractivity contribution in [1.29, 1.82) is 0 Å². The molecule has 1 aliphatic rings. The molecule has 0 atom stereocenters. The fourth-order valence-corrected chi connectivity index (χ4v) is 2.42. The molecular weight excluding hydrogens is 296 g/mol. The van der Waals surface area contributed by atoms with Crippen molar-refractivity contribution >= 4 is 17.5 Å². The minimum absolute atomic E-state index is 0.0456. The average molecular weight is 314 g/mol. The number of fused-ring (bicyclic) bond motifs is 1. The van der Waals surface area contributed by atoms with Gasteiger partial charge in [-0.1, -0.05) is 0 Å². The Hall–Kier alpha value is -2.83. The first kappa shape index (κ1) is 15.1. The number of carbonyl (C=O) groups excluding carboxylic acids is 2. The molecule has 23 heavy (non-hydrogen) atoms. The van der Waals surface area contributed by atoms with Crippen molar-refractivity contribution in [3.05, 3.63) is 41.7 Å². The zero-order valence-electron chi connectivity index (χ0n) is 12.8. The third-order valence-corrected chi connectivity index (χ3v) is 3.60. The molecule has 0 unspecified atom stereocenters. The summed E-state index contributed by atoms with van der Waals surface area (Å²) in [6, 6.07) is 5.58. The fraction of sp³-hybridized carbons (Fsp3) is 0.312. The van der Waals surface area contributed by atoms with E-state index in [1.807, 2.05) is 18.2 Å². The van der Waals surface area contributed by atoms with Gasteiger partial charge in [-0.15, -0.1) is 0 Å². The standard InChI is InChI=1S/C16H18N4O3/c1-20-10-12(9-18-20)16(22)17-6-7-23-13-3-4-14-11(8-13)2-5-15(21)19-14/h3-4,8-10H,2,5-7H2,1H3,(H,17,22)(H,19,21). The maximum Gasteiger partial charge on any atom is 0.254 e. The SMILES string of the molecule is Cn1cc(C(=O)NCCOc2ccc3c(c2)CCC(=O)N3)cn1. The molecule has 0 saturated carbocycles. The summed E-state index contributed by atoms with van der Waals surface area (Å²) in [6.07, 6.45) is 4.40. The van der Waals surface area contributed by atoms with Crippen molar-refractivity contribution in [2.24, 2.45) is 7.05 Å². The Morgan fingerprint density at radius 1 is 1.43 bits per heavy atom. The van der Waals surface area contributed by atoms with E-state index >= 15 is 0 Å². The third-order valence-electron chi connectivity index (χ3n) is 3.60. The molecule has 7 nitrogen and oxygen atoms in total. The Balaban J connectivity index is 1.47. The molecule has 2 aromatic rings. The van der Waals surface area contributed by atoms with Crippen LogP contribution in [0.3, 0.4) is 0 Å². The highest BCUT2D eigenvalue weighted by atomic mass is 16.5. The lowest BCUT2D eigenvalue weighted by atomic mass is 10.0. The first-order valence-corrected chi connectivity index (χ1v) is 7.44. The van der Waals surface area contributed by atoms with Crippen LogP contribution in [-0.4, -0.2) is 34.7 Å². The van der Waals surface area contributed by atoms with Crippen LogP contribution in [0.5, 0.6) is 5.75 Å². The molecule has 2 amide bonds. The van der Waals surface area contributed by atoms with Gasteiger partial charge in [0.05, 0.1) is 18.3 Å². The molecule has 0 spiro atoms. The lowest BCUT2D eigenvalue weighted by Gasteiger charge is -2.17. The van der Waals surface area contributed by atoms with Gasteiger partial charge < -0.3 is 15.4 Å². The molecule has 0 bridgehead atoms. The molecule has 2 N–H and O–H groups in total. The zero-order chi connectivity index (χ0) is 16.2. The van der Waals surface area contributed by atoms with Crippen molar-refractivity contribution in [3.63, 3.8) is 0 Å². The maximum absolute atomic E-state index is 11.8. The van der Waals surface area contributed by atoms with Crippen molar-refractivity contribution in [2.75, 3.05) is 18.5 Å². The molecule has 0 fully saturated rings. The molecule has 1 aromatic carbocycles. The van der Waals surface area contributed by atoms with Crippen LogP contribution in [0.15, 0.2) is 30.6 Å². The summed E-state index contributed by atoms with van der Waals surface area (Å²) >= 11 is 0. The lowest BCUT2D eigenvalue weighted by Crippen LogP contribution is -2.27. The maximum atomic E-state index is 11.8. The van der Waals surface area contributed by atoms with E-state index in [0.29, 0.717) is 25.1 Å². The summed E-state index contributed by atoms with van der Waals surface area (Å²) < 4.78 is 7.22. The monoisotopic (exact) mass is 314 g/mol. The van der Waals surface area contributed by atoms with Crippen molar-refractivity contribution in [3.8, 4) is 5.75 Å². The Morgan fingerprint density at radius 2 is 2.30 bits per heavy atom. The quantitative estimate of drug-likeness (QED) is 0.810. The molecule has 3 rings (SSSR count). The predicted octanol–water partition coefficient (Wildman–Crippen LogP) is 1.11. The third kappa shape index (κ3) is 3.68. The Kier molecular flexibility index (Phi) is 4.27.